The molecular weight excluding hydrogens is 485 g/mol. The number of aromatic nitrogens is 4. The van der Waals surface area contributed by atoms with Gasteiger partial charge in [-0.25, -0.2) is 4.68 Å². The van der Waals surface area contributed by atoms with Gasteiger partial charge in [-0.2, -0.15) is 0 Å². The second-order valence-corrected chi connectivity index (χ2v) is 8.19. The molecule has 0 fully saturated rings. The third-order valence-electron chi connectivity index (χ3n) is 3.74. The molecule has 0 aliphatic carbocycles. The van der Waals surface area contributed by atoms with Crippen LogP contribution < -0.4 is 22.5 Å². The van der Waals surface area contributed by atoms with Crippen LogP contribution in [0.25, 0.3) is 0 Å². The van der Waals surface area contributed by atoms with Gasteiger partial charge in [0.25, 0.3) is 0 Å². The number of nitrogens with zero attached hydrogens (tertiary/aromatic N) is 4. The van der Waals surface area contributed by atoms with Crippen molar-refractivity contribution < 1.29 is 17.1 Å². The van der Waals surface area contributed by atoms with Crippen LogP contribution in [0.3, 0.4) is 0 Å². The molecular formula is C18H19BrCl2N5OS-. The fourth-order valence-corrected chi connectivity index (χ4v) is 3.63. The van der Waals surface area contributed by atoms with Gasteiger partial charge in [0, 0.05) is 40.9 Å². The Bertz CT molecular complexity index is 879. The quantitative estimate of drug-likeness (QED) is 0.348. The maximum absolute atomic E-state index is 6.01. The Morgan fingerprint density at radius 2 is 2.00 bits per heavy atom. The molecule has 0 spiro atoms. The van der Waals surface area contributed by atoms with Crippen molar-refractivity contribution in [3.63, 3.8) is 0 Å². The zero-order valence-corrected chi connectivity index (χ0v) is 19.0. The molecule has 0 amide bonds. The number of rotatable bonds is 9. The highest BCUT2D eigenvalue weighted by Crippen LogP contribution is 2.24. The van der Waals surface area contributed by atoms with Crippen LogP contribution in [0.15, 0.2) is 52.1 Å². The van der Waals surface area contributed by atoms with E-state index in [1.165, 1.54) is 0 Å². The molecule has 0 atom stereocenters. The Labute approximate surface area is 187 Å². The lowest BCUT2D eigenvalue weighted by atomic mass is 10.2. The van der Waals surface area contributed by atoms with Crippen LogP contribution in [-0.4, -0.2) is 32.5 Å². The number of hydrogen-bond donors (Lipinski definition) is 1. The minimum absolute atomic E-state index is 0. The van der Waals surface area contributed by atoms with Crippen molar-refractivity contribution in [3.05, 3.63) is 63.1 Å². The number of aryl methyl sites for hydroxylation is 1. The average Bonchev–Trinajstić information content (AvgIpc) is 3.07. The van der Waals surface area contributed by atoms with Gasteiger partial charge in [0.1, 0.15) is 12.4 Å². The molecule has 0 aliphatic heterocycles. The first-order valence-corrected chi connectivity index (χ1v) is 10.5. The van der Waals surface area contributed by atoms with Gasteiger partial charge in [-0.15, -0.1) is 5.10 Å². The smallest absolute Gasteiger partial charge is 0.209 e. The van der Waals surface area contributed by atoms with E-state index in [2.05, 4.69) is 42.8 Å². The predicted molar refractivity (Wildman–Crippen MR) is 111 cm³/mol. The molecule has 1 aromatic heterocycles. The molecule has 0 bridgehead atoms. The van der Waals surface area contributed by atoms with Crippen LogP contribution in [0.4, 0.5) is 0 Å². The van der Waals surface area contributed by atoms with Crippen LogP contribution in [0.2, 0.25) is 5.02 Å². The van der Waals surface area contributed by atoms with Crippen LogP contribution >= 0.6 is 39.3 Å². The predicted octanol–water partition coefficient (Wildman–Crippen LogP) is 1.09. The Hall–Kier alpha value is -1.32. The summed E-state index contributed by atoms with van der Waals surface area (Å²) in [6.45, 7) is 2.05. The summed E-state index contributed by atoms with van der Waals surface area (Å²) in [5.41, 5.74) is 2.18. The first-order chi connectivity index (χ1) is 13.1. The SMILES string of the molecule is Cn1nnnc1SCCNCc1cc(Br)ccc1OCc1ccc(Cl)cc1.[Cl-]. The molecule has 1 N–H and O–H groups in total. The highest BCUT2D eigenvalue weighted by atomic mass is 79.9. The number of benzene rings is 2. The largest absolute Gasteiger partial charge is 1.00 e. The molecule has 3 aromatic rings. The van der Waals surface area contributed by atoms with E-state index in [-0.39, 0.29) is 12.4 Å². The van der Waals surface area contributed by atoms with E-state index in [1.54, 1.807) is 16.4 Å². The Balaban J connectivity index is 0.00000280. The number of tetrazole rings is 1. The van der Waals surface area contributed by atoms with Crippen molar-refractivity contribution in [2.24, 2.45) is 7.05 Å². The average molecular weight is 504 g/mol. The van der Waals surface area contributed by atoms with E-state index in [1.807, 2.05) is 43.4 Å². The van der Waals surface area contributed by atoms with Crippen molar-refractivity contribution in [1.29, 1.82) is 0 Å². The first kappa shape index (κ1) is 23.0. The molecule has 150 valence electrons. The number of ether oxygens (including phenoxy) is 1. The second-order valence-electron chi connectivity index (χ2n) is 5.78. The minimum atomic E-state index is 0. The fraction of sp³-hybridized carbons (Fsp3) is 0.278. The Morgan fingerprint density at radius 3 is 2.71 bits per heavy atom. The standard InChI is InChI=1S/C18H19BrClN5OS.ClH/c1-25-18(22-23-24-25)27-9-8-21-11-14-10-15(19)4-7-17(14)26-12-13-2-5-16(20)6-3-13;/h2-7,10,21H,8-9,11-12H2,1H3;1H/p-1. The lowest BCUT2D eigenvalue weighted by molar-refractivity contribution is -0.00000581. The summed E-state index contributed by atoms with van der Waals surface area (Å²) in [7, 11) is 1.83. The van der Waals surface area contributed by atoms with E-state index in [0.717, 1.165) is 43.8 Å². The molecule has 0 saturated carbocycles. The van der Waals surface area contributed by atoms with Crippen molar-refractivity contribution in [2.75, 3.05) is 12.3 Å². The molecule has 0 saturated heterocycles. The van der Waals surface area contributed by atoms with Gasteiger partial charge in [0.15, 0.2) is 0 Å². The summed E-state index contributed by atoms with van der Waals surface area (Å²) in [5.74, 6) is 1.74. The topological polar surface area (TPSA) is 64.9 Å². The third kappa shape index (κ3) is 6.93. The first-order valence-electron chi connectivity index (χ1n) is 8.33. The van der Waals surface area contributed by atoms with E-state index >= 15 is 0 Å². The monoisotopic (exact) mass is 502 g/mol. The maximum atomic E-state index is 6.01. The van der Waals surface area contributed by atoms with Crippen LogP contribution in [0.5, 0.6) is 5.75 Å². The summed E-state index contributed by atoms with van der Waals surface area (Å²) >= 11 is 11.1. The van der Waals surface area contributed by atoms with Gasteiger partial charge >= 0.3 is 0 Å². The summed E-state index contributed by atoms with van der Waals surface area (Å²) in [5, 5.41) is 16.4. The van der Waals surface area contributed by atoms with Crippen LogP contribution in [0.1, 0.15) is 11.1 Å². The van der Waals surface area contributed by atoms with Crippen molar-refractivity contribution in [2.45, 2.75) is 18.3 Å². The Morgan fingerprint density at radius 1 is 1.21 bits per heavy atom. The van der Waals surface area contributed by atoms with E-state index in [0.29, 0.717) is 13.2 Å². The number of hydrogen-bond acceptors (Lipinski definition) is 6. The second kappa shape index (κ2) is 11.6. The highest BCUT2D eigenvalue weighted by Gasteiger charge is 2.06. The zero-order valence-electron chi connectivity index (χ0n) is 15.1. The lowest BCUT2D eigenvalue weighted by Crippen LogP contribution is -3.00. The van der Waals surface area contributed by atoms with E-state index in [4.69, 9.17) is 16.3 Å². The van der Waals surface area contributed by atoms with Gasteiger partial charge in [-0.3, -0.25) is 0 Å². The normalized spacial score (nSPS) is 10.5. The van der Waals surface area contributed by atoms with Gasteiger partial charge in [0.05, 0.1) is 0 Å². The van der Waals surface area contributed by atoms with Crippen LogP contribution in [-0.2, 0) is 20.2 Å². The number of thioether (sulfide) groups is 1. The lowest BCUT2D eigenvalue weighted by Gasteiger charge is -2.13. The number of nitrogens with one attached hydrogen (secondary N) is 1. The number of halogens is 3. The summed E-state index contributed by atoms with van der Waals surface area (Å²) in [4.78, 5) is 0. The summed E-state index contributed by atoms with van der Waals surface area (Å²) in [6, 6.07) is 13.7. The van der Waals surface area contributed by atoms with Gasteiger partial charge in [-0.1, -0.05) is 51.4 Å². The maximum Gasteiger partial charge on any atom is 0.209 e. The van der Waals surface area contributed by atoms with Crippen LogP contribution in [0, 0.1) is 0 Å². The molecule has 10 heteroatoms. The summed E-state index contributed by atoms with van der Waals surface area (Å²) < 4.78 is 8.70. The van der Waals surface area contributed by atoms with Gasteiger partial charge in [-0.05, 0) is 46.3 Å². The van der Waals surface area contributed by atoms with Gasteiger partial charge < -0.3 is 22.5 Å². The third-order valence-corrected chi connectivity index (χ3v) is 5.49. The molecule has 1 heterocycles. The molecule has 2 aromatic carbocycles. The molecule has 0 radical (unpaired) electrons. The van der Waals surface area contributed by atoms with Crippen molar-refractivity contribution in [3.8, 4) is 5.75 Å². The van der Waals surface area contributed by atoms with E-state index in [9.17, 15) is 0 Å². The fourth-order valence-electron chi connectivity index (χ4n) is 2.35. The highest BCUT2D eigenvalue weighted by molar-refractivity contribution is 9.10. The molecule has 0 unspecified atom stereocenters. The molecule has 3 rings (SSSR count). The molecule has 0 aliphatic rings. The zero-order chi connectivity index (χ0) is 19.1. The van der Waals surface area contributed by atoms with Gasteiger partial charge in [0.2, 0.25) is 5.16 Å². The van der Waals surface area contributed by atoms with Crippen molar-refractivity contribution in [1.82, 2.24) is 25.5 Å². The summed E-state index contributed by atoms with van der Waals surface area (Å²) in [6.07, 6.45) is 0. The Kier molecular flexibility index (Phi) is 9.53. The van der Waals surface area contributed by atoms with Crippen molar-refractivity contribution >= 4 is 39.3 Å². The minimum Gasteiger partial charge on any atom is -1.00 e. The van der Waals surface area contributed by atoms with E-state index < -0.39 is 0 Å². The molecule has 6 nitrogen and oxygen atoms in total. The molecule has 28 heavy (non-hydrogen) atoms.